The summed E-state index contributed by atoms with van der Waals surface area (Å²) in [6.45, 7) is -0.0133. The Morgan fingerprint density at radius 2 is 2.13 bits per heavy atom. The van der Waals surface area contributed by atoms with E-state index in [1.54, 1.807) is 0 Å². The summed E-state index contributed by atoms with van der Waals surface area (Å²) in [7, 11) is 0. The fraction of sp³-hybridized carbons (Fsp3) is 0.364. The minimum atomic E-state index is -0.501. The molecule has 1 aliphatic rings. The van der Waals surface area contributed by atoms with Crippen molar-refractivity contribution in [2.45, 2.75) is 18.9 Å². The second-order valence-corrected chi connectivity index (χ2v) is 3.54. The Morgan fingerprint density at radius 1 is 1.33 bits per heavy atom. The van der Waals surface area contributed by atoms with Crippen molar-refractivity contribution in [3.63, 3.8) is 0 Å². The number of halogens is 2. The largest absolute Gasteiger partial charge is 0.366 e. The Hall–Kier alpha value is -1.29. The Kier molecular flexibility index (Phi) is 2.77. The maximum Gasteiger partial charge on any atom is 0.158 e. The third-order valence-electron chi connectivity index (χ3n) is 2.44. The minimum Gasteiger partial charge on any atom is -0.366 e. The number of hydrogen-bond acceptors (Lipinski definition) is 2. The van der Waals surface area contributed by atoms with Gasteiger partial charge in [-0.3, -0.25) is 4.79 Å². The molecule has 0 aliphatic carbocycles. The topological polar surface area (TPSA) is 26.3 Å². The summed E-state index contributed by atoms with van der Waals surface area (Å²) >= 11 is 0. The standard InChI is InChI=1S/C11H10F2O2/c12-7-1-3-10(13)9(5-7)11-4-2-8(14)6-15-11/h1,3,5,11H,2,4,6H2/t11-/m0/s1. The number of benzene rings is 1. The Balaban J connectivity index is 2.21. The van der Waals surface area contributed by atoms with Gasteiger partial charge in [0.25, 0.3) is 0 Å². The van der Waals surface area contributed by atoms with Crippen molar-refractivity contribution in [1.29, 1.82) is 0 Å². The lowest BCUT2D eigenvalue weighted by atomic mass is 10.0. The first kappa shape index (κ1) is 10.2. The predicted octanol–water partition coefficient (Wildman–Crippen LogP) is 2.39. The Morgan fingerprint density at radius 3 is 2.80 bits per heavy atom. The Labute approximate surface area is 85.9 Å². The molecule has 1 aliphatic heterocycles. The first-order valence-electron chi connectivity index (χ1n) is 4.75. The maximum absolute atomic E-state index is 13.3. The smallest absolute Gasteiger partial charge is 0.158 e. The van der Waals surface area contributed by atoms with Gasteiger partial charge in [0.15, 0.2) is 5.78 Å². The number of hydrogen-bond donors (Lipinski definition) is 0. The minimum absolute atomic E-state index is 0.00283. The molecule has 0 aromatic heterocycles. The van der Waals surface area contributed by atoms with Gasteiger partial charge in [0, 0.05) is 12.0 Å². The molecule has 1 fully saturated rings. The molecular weight excluding hydrogens is 202 g/mol. The quantitative estimate of drug-likeness (QED) is 0.714. The highest BCUT2D eigenvalue weighted by atomic mass is 19.1. The van der Waals surface area contributed by atoms with E-state index >= 15 is 0 Å². The summed E-state index contributed by atoms with van der Waals surface area (Å²) in [5.74, 6) is -0.981. The molecule has 1 saturated heterocycles. The SMILES string of the molecule is O=C1CC[C@@H](c2cc(F)ccc2F)OC1. The van der Waals surface area contributed by atoms with Crippen molar-refractivity contribution in [3.05, 3.63) is 35.4 Å². The van der Waals surface area contributed by atoms with Gasteiger partial charge >= 0.3 is 0 Å². The van der Waals surface area contributed by atoms with E-state index in [9.17, 15) is 13.6 Å². The van der Waals surface area contributed by atoms with E-state index in [4.69, 9.17) is 4.74 Å². The molecule has 2 rings (SSSR count). The molecular formula is C11H10F2O2. The van der Waals surface area contributed by atoms with Gasteiger partial charge in [0.1, 0.15) is 18.2 Å². The third kappa shape index (κ3) is 2.21. The molecule has 15 heavy (non-hydrogen) atoms. The fourth-order valence-corrected chi connectivity index (χ4v) is 1.65. The van der Waals surface area contributed by atoms with E-state index in [1.165, 1.54) is 0 Å². The van der Waals surface area contributed by atoms with Crippen molar-refractivity contribution in [2.75, 3.05) is 6.61 Å². The van der Waals surface area contributed by atoms with Crippen molar-refractivity contribution in [1.82, 2.24) is 0 Å². The first-order valence-corrected chi connectivity index (χ1v) is 4.75. The summed E-state index contributed by atoms with van der Waals surface area (Å²) in [6.07, 6.45) is 0.276. The number of rotatable bonds is 1. The highest BCUT2D eigenvalue weighted by Crippen LogP contribution is 2.28. The van der Waals surface area contributed by atoms with E-state index in [0.29, 0.717) is 12.8 Å². The summed E-state index contributed by atoms with van der Waals surface area (Å²) in [6, 6.07) is 3.26. The Bertz CT molecular complexity index is 380. The highest BCUT2D eigenvalue weighted by Gasteiger charge is 2.23. The molecule has 0 radical (unpaired) electrons. The third-order valence-corrected chi connectivity index (χ3v) is 2.44. The molecule has 0 bridgehead atoms. The van der Waals surface area contributed by atoms with Crippen molar-refractivity contribution in [3.8, 4) is 0 Å². The van der Waals surface area contributed by atoms with E-state index in [-0.39, 0.29) is 18.0 Å². The lowest BCUT2D eigenvalue weighted by molar-refractivity contribution is -0.131. The van der Waals surface area contributed by atoms with Crippen molar-refractivity contribution in [2.24, 2.45) is 0 Å². The molecule has 80 valence electrons. The van der Waals surface area contributed by atoms with Gasteiger partial charge in [-0.15, -0.1) is 0 Å². The lowest BCUT2D eigenvalue weighted by Gasteiger charge is -2.22. The first-order chi connectivity index (χ1) is 7.16. The van der Waals surface area contributed by atoms with Crippen LogP contribution in [-0.2, 0) is 9.53 Å². The van der Waals surface area contributed by atoms with Gasteiger partial charge in [-0.1, -0.05) is 0 Å². The molecule has 2 nitrogen and oxygen atoms in total. The van der Waals surface area contributed by atoms with Gasteiger partial charge in [-0.2, -0.15) is 0 Å². The average molecular weight is 212 g/mol. The molecule has 1 aromatic carbocycles. The second kappa shape index (κ2) is 4.06. The van der Waals surface area contributed by atoms with Gasteiger partial charge in [-0.05, 0) is 24.6 Å². The van der Waals surface area contributed by atoms with Crippen LogP contribution in [0.2, 0.25) is 0 Å². The van der Waals surface area contributed by atoms with Crippen molar-refractivity contribution >= 4 is 5.78 Å². The van der Waals surface area contributed by atoms with E-state index in [0.717, 1.165) is 18.2 Å². The van der Waals surface area contributed by atoms with Crippen LogP contribution in [0.5, 0.6) is 0 Å². The average Bonchev–Trinajstić information content (AvgIpc) is 2.23. The summed E-state index contributed by atoms with van der Waals surface area (Å²) in [5.41, 5.74) is 0.197. The molecule has 0 N–H and O–H groups in total. The van der Waals surface area contributed by atoms with Crippen LogP contribution in [0, 0.1) is 11.6 Å². The molecule has 0 amide bonds. The number of Topliss-reactive ketones (excluding diaryl/α,β-unsaturated/α-hetero) is 1. The fourth-order valence-electron chi connectivity index (χ4n) is 1.65. The van der Waals surface area contributed by atoms with Gasteiger partial charge in [0.2, 0.25) is 0 Å². The van der Waals surface area contributed by atoms with Gasteiger partial charge < -0.3 is 4.74 Å². The van der Waals surface area contributed by atoms with Crippen LogP contribution in [0.4, 0.5) is 8.78 Å². The second-order valence-electron chi connectivity index (χ2n) is 3.54. The highest BCUT2D eigenvalue weighted by molar-refractivity contribution is 5.80. The number of carbonyl (C=O) groups excluding carboxylic acids is 1. The monoisotopic (exact) mass is 212 g/mol. The zero-order valence-corrected chi connectivity index (χ0v) is 8.00. The number of ether oxygens (including phenoxy) is 1. The van der Waals surface area contributed by atoms with Crippen LogP contribution in [0.1, 0.15) is 24.5 Å². The number of carbonyl (C=O) groups is 1. The summed E-state index contributed by atoms with van der Waals surface area (Å²) < 4.78 is 31.4. The molecule has 1 heterocycles. The summed E-state index contributed by atoms with van der Waals surface area (Å²) in [5, 5.41) is 0. The van der Waals surface area contributed by atoms with Crippen LogP contribution in [0.15, 0.2) is 18.2 Å². The van der Waals surface area contributed by atoms with Gasteiger partial charge in [0.05, 0.1) is 6.10 Å². The number of ketones is 1. The predicted molar refractivity (Wildman–Crippen MR) is 49.3 cm³/mol. The van der Waals surface area contributed by atoms with Crippen molar-refractivity contribution < 1.29 is 18.3 Å². The van der Waals surface area contributed by atoms with Crippen LogP contribution < -0.4 is 0 Å². The van der Waals surface area contributed by atoms with Crippen LogP contribution in [-0.4, -0.2) is 12.4 Å². The molecule has 0 saturated carbocycles. The normalized spacial score (nSPS) is 21.7. The van der Waals surface area contributed by atoms with E-state index < -0.39 is 17.7 Å². The lowest BCUT2D eigenvalue weighted by Crippen LogP contribution is -2.20. The molecule has 1 atom stereocenters. The van der Waals surface area contributed by atoms with E-state index in [1.807, 2.05) is 0 Å². The molecule has 0 unspecified atom stereocenters. The van der Waals surface area contributed by atoms with Crippen LogP contribution in [0.3, 0.4) is 0 Å². The maximum atomic E-state index is 13.3. The zero-order valence-electron chi connectivity index (χ0n) is 8.00. The van der Waals surface area contributed by atoms with E-state index in [2.05, 4.69) is 0 Å². The van der Waals surface area contributed by atoms with Gasteiger partial charge in [-0.25, -0.2) is 8.78 Å². The molecule has 1 aromatic rings. The zero-order chi connectivity index (χ0) is 10.8. The van der Waals surface area contributed by atoms with Crippen LogP contribution in [0.25, 0.3) is 0 Å². The van der Waals surface area contributed by atoms with Crippen LogP contribution >= 0.6 is 0 Å². The molecule has 0 spiro atoms. The molecule has 4 heteroatoms. The summed E-state index contributed by atoms with van der Waals surface area (Å²) in [4.78, 5) is 10.9.